The summed E-state index contributed by atoms with van der Waals surface area (Å²) in [6.45, 7) is 3.74. The van der Waals surface area contributed by atoms with Crippen molar-refractivity contribution < 1.29 is 19.4 Å². The van der Waals surface area contributed by atoms with Crippen molar-refractivity contribution in [2.75, 3.05) is 26.2 Å². The van der Waals surface area contributed by atoms with Gasteiger partial charge >= 0.3 is 6.09 Å². The first-order valence-electron chi connectivity index (χ1n) is 9.49. The maximum absolute atomic E-state index is 12.6. The number of hydrogen-bond acceptors (Lipinski definition) is 6. The van der Waals surface area contributed by atoms with Crippen molar-refractivity contribution in [3.8, 4) is 0 Å². The lowest BCUT2D eigenvalue weighted by molar-refractivity contribution is -0.133. The molecule has 0 bridgehead atoms. The van der Waals surface area contributed by atoms with E-state index in [1.54, 1.807) is 24.0 Å². The van der Waals surface area contributed by atoms with E-state index in [2.05, 4.69) is 20.7 Å². The van der Waals surface area contributed by atoms with Crippen molar-refractivity contribution in [3.63, 3.8) is 0 Å². The van der Waals surface area contributed by atoms with Gasteiger partial charge in [0.1, 0.15) is 0 Å². The van der Waals surface area contributed by atoms with E-state index in [-0.39, 0.29) is 18.6 Å². The Kier molecular flexibility index (Phi) is 7.36. The predicted octanol–water partition coefficient (Wildman–Crippen LogP) is 1.58. The largest absolute Gasteiger partial charge is 0.465 e. The van der Waals surface area contributed by atoms with Gasteiger partial charge in [-0.3, -0.25) is 4.79 Å². The molecule has 1 unspecified atom stereocenters. The number of nitrogens with zero attached hydrogens (tertiary/aromatic N) is 5. The van der Waals surface area contributed by atoms with Crippen molar-refractivity contribution in [1.29, 1.82) is 0 Å². The van der Waals surface area contributed by atoms with Gasteiger partial charge in [-0.2, -0.15) is 4.80 Å². The van der Waals surface area contributed by atoms with E-state index in [0.717, 1.165) is 11.1 Å². The third-order valence-corrected chi connectivity index (χ3v) is 4.80. The standard InChI is InChI=1S/C19H23ClN6O4/c1-13-22-24-26(23-13)11-15-10-16(20)4-2-14(15)3-5-18(27)25-8-9-30-17(12-25)6-7-21-19(28)29/h2-5,10,17,21H,6-9,11-12H2,1H3,(H,28,29). The molecular weight excluding hydrogens is 412 g/mol. The van der Waals surface area contributed by atoms with E-state index in [1.807, 2.05) is 12.1 Å². The van der Waals surface area contributed by atoms with Crippen molar-refractivity contribution in [2.45, 2.75) is 26.0 Å². The number of nitrogens with one attached hydrogen (secondary N) is 1. The smallest absolute Gasteiger partial charge is 0.404 e. The zero-order valence-electron chi connectivity index (χ0n) is 16.5. The highest BCUT2D eigenvalue weighted by Crippen LogP contribution is 2.19. The van der Waals surface area contributed by atoms with Crippen LogP contribution in [0, 0.1) is 6.92 Å². The molecule has 2 N–H and O–H groups in total. The number of aromatic nitrogens is 4. The van der Waals surface area contributed by atoms with Crippen LogP contribution in [-0.2, 0) is 16.1 Å². The van der Waals surface area contributed by atoms with Gasteiger partial charge in [-0.25, -0.2) is 4.79 Å². The predicted molar refractivity (Wildman–Crippen MR) is 109 cm³/mol. The third kappa shape index (κ3) is 6.26. The van der Waals surface area contributed by atoms with Crippen LogP contribution in [0.5, 0.6) is 0 Å². The molecule has 0 saturated carbocycles. The normalized spacial score (nSPS) is 16.7. The lowest BCUT2D eigenvalue weighted by Crippen LogP contribution is -2.46. The van der Waals surface area contributed by atoms with Crippen molar-refractivity contribution in [1.82, 2.24) is 30.4 Å². The summed E-state index contributed by atoms with van der Waals surface area (Å²) in [6.07, 6.45) is 2.50. The van der Waals surface area contributed by atoms with Gasteiger partial charge in [-0.1, -0.05) is 17.7 Å². The molecule has 1 atom stereocenters. The fraction of sp³-hybridized carbons (Fsp3) is 0.421. The van der Waals surface area contributed by atoms with Gasteiger partial charge in [0.15, 0.2) is 5.82 Å². The Morgan fingerprint density at radius 2 is 2.27 bits per heavy atom. The quantitative estimate of drug-likeness (QED) is 0.634. The summed E-state index contributed by atoms with van der Waals surface area (Å²) in [4.78, 5) is 26.4. The first-order chi connectivity index (χ1) is 14.4. The Morgan fingerprint density at radius 1 is 1.43 bits per heavy atom. The van der Waals surface area contributed by atoms with Gasteiger partial charge in [0.2, 0.25) is 5.91 Å². The topological polar surface area (TPSA) is 122 Å². The Morgan fingerprint density at radius 3 is 3.00 bits per heavy atom. The number of tetrazole rings is 1. The molecule has 1 aliphatic rings. The molecule has 1 saturated heterocycles. The molecule has 10 nitrogen and oxygen atoms in total. The highest BCUT2D eigenvalue weighted by atomic mass is 35.5. The SMILES string of the molecule is Cc1nnn(Cc2cc(Cl)ccc2C=CC(=O)N2CCOC(CCNC(=O)O)C2)n1. The monoisotopic (exact) mass is 434 g/mol. The van der Waals surface area contributed by atoms with E-state index in [0.29, 0.717) is 43.5 Å². The van der Waals surface area contributed by atoms with E-state index >= 15 is 0 Å². The summed E-state index contributed by atoms with van der Waals surface area (Å²) in [5, 5.41) is 23.6. The summed E-state index contributed by atoms with van der Waals surface area (Å²) in [5.41, 5.74) is 1.70. The fourth-order valence-corrected chi connectivity index (χ4v) is 3.31. The number of hydrogen-bond donors (Lipinski definition) is 2. The number of benzene rings is 1. The van der Waals surface area contributed by atoms with Crippen molar-refractivity contribution in [2.24, 2.45) is 0 Å². The molecule has 11 heteroatoms. The number of carbonyl (C=O) groups is 2. The highest BCUT2D eigenvalue weighted by molar-refractivity contribution is 6.30. The molecule has 1 aromatic carbocycles. The lowest BCUT2D eigenvalue weighted by atomic mass is 10.1. The molecule has 1 aliphatic heterocycles. The minimum atomic E-state index is -1.07. The first kappa shape index (κ1) is 21.7. The van der Waals surface area contributed by atoms with Gasteiger partial charge in [-0.15, -0.1) is 10.2 Å². The number of rotatable bonds is 7. The lowest BCUT2D eigenvalue weighted by Gasteiger charge is -2.32. The Hall–Kier alpha value is -2.98. The second kappa shape index (κ2) is 10.2. The number of morpholine rings is 1. The van der Waals surface area contributed by atoms with Gasteiger partial charge in [0, 0.05) is 30.7 Å². The van der Waals surface area contributed by atoms with Crippen LogP contribution in [0.2, 0.25) is 5.02 Å². The average molecular weight is 435 g/mol. The molecule has 0 spiro atoms. The van der Waals surface area contributed by atoms with Crippen LogP contribution in [0.3, 0.4) is 0 Å². The summed E-state index contributed by atoms with van der Waals surface area (Å²) in [5.74, 6) is 0.440. The maximum atomic E-state index is 12.6. The van der Waals surface area contributed by atoms with Crippen LogP contribution in [-0.4, -0.2) is 74.6 Å². The molecule has 30 heavy (non-hydrogen) atoms. The summed E-state index contributed by atoms with van der Waals surface area (Å²) < 4.78 is 5.62. The second-order valence-corrected chi connectivity index (χ2v) is 7.28. The third-order valence-electron chi connectivity index (χ3n) is 4.57. The van der Waals surface area contributed by atoms with Gasteiger partial charge in [-0.05, 0) is 47.9 Å². The average Bonchev–Trinajstić information content (AvgIpc) is 3.12. The number of carbonyl (C=O) groups excluding carboxylic acids is 1. The van der Waals surface area contributed by atoms with E-state index in [9.17, 15) is 9.59 Å². The molecule has 2 amide bonds. The minimum Gasteiger partial charge on any atom is -0.465 e. The molecule has 2 aromatic rings. The molecule has 1 fully saturated rings. The highest BCUT2D eigenvalue weighted by Gasteiger charge is 2.23. The van der Waals surface area contributed by atoms with E-state index in [4.69, 9.17) is 21.4 Å². The molecule has 160 valence electrons. The Bertz CT molecular complexity index is 931. The van der Waals surface area contributed by atoms with Crippen LogP contribution in [0.25, 0.3) is 6.08 Å². The summed E-state index contributed by atoms with van der Waals surface area (Å²) >= 11 is 6.13. The Labute approximate surface area is 178 Å². The van der Waals surface area contributed by atoms with Gasteiger partial charge in [0.05, 0.1) is 19.3 Å². The summed E-state index contributed by atoms with van der Waals surface area (Å²) in [7, 11) is 0. The molecule has 3 rings (SSSR count). The zero-order chi connectivity index (χ0) is 21.5. The van der Waals surface area contributed by atoms with E-state index in [1.165, 1.54) is 10.9 Å². The van der Waals surface area contributed by atoms with E-state index < -0.39 is 6.09 Å². The maximum Gasteiger partial charge on any atom is 0.404 e. The molecule has 0 aliphatic carbocycles. The Balaban J connectivity index is 1.63. The van der Waals surface area contributed by atoms with Crippen LogP contribution in [0.4, 0.5) is 4.79 Å². The van der Waals surface area contributed by atoms with Gasteiger partial charge < -0.3 is 20.1 Å². The molecular formula is C19H23ClN6O4. The number of aryl methyl sites for hydroxylation is 1. The number of amides is 2. The molecule has 1 aromatic heterocycles. The van der Waals surface area contributed by atoms with Crippen molar-refractivity contribution >= 4 is 29.7 Å². The van der Waals surface area contributed by atoms with Crippen LogP contribution >= 0.6 is 11.6 Å². The number of carboxylic acid groups (broad SMARTS) is 1. The number of halogens is 1. The second-order valence-electron chi connectivity index (χ2n) is 6.84. The minimum absolute atomic E-state index is 0.134. The zero-order valence-corrected chi connectivity index (χ0v) is 17.2. The fourth-order valence-electron chi connectivity index (χ4n) is 3.12. The van der Waals surface area contributed by atoms with Crippen LogP contribution in [0.1, 0.15) is 23.4 Å². The summed E-state index contributed by atoms with van der Waals surface area (Å²) in [6, 6.07) is 5.41. The van der Waals surface area contributed by atoms with Crippen LogP contribution < -0.4 is 5.32 Å². The molecule has 0 radical (unpaired) electrons. The van der Waals surface area contributed by atoms with Crippen molar-refractivity contribution in [3.05, 3.63) is 46.2 Å². The number of ether oxygens (including phenoxy) is 1. The first-order valence-corrected chi connectivity index (χ1v) is 9.87. The van der Waals surface area contributed by atoms with Gasteiger partial charge in [0.25, 0.3) is 0 Å². The van der Waals surface area contributed by atoms with Crippen LogP contribution in [0.15, 0.2) is 24.3 Å². The molecule has 2 heterocycles.